The Morgan fingerprint density at radius 2 is 2.25 bits per heavy atom. The quantitative estimate of drug-likeness (QED) is 0.386. The zero-order valence-electron chi connectivity index (χ0n) is 6.10. The summed E-state index contributed by atoms with van der Waals surface area (Å²) in [5.74, 6) is 0. The van der Waals surface area contributed by atoms with E-state index in [1.807, 2.05) is 0 Å². The van der Waals surface area contributed by atoms with Crippen LogP contribution in [0.3, 0.4) is 0 Å². The molecule has 0 aliphatic heterocycles. The Morgan fingerprint density at radius 1 is 1.58 bits per heavy atom. The van der Waals surface area contributed by atoms with E-state index in [9.17, 15) is 10.1 Å². The molecule has 0 unspecified atom stereocenters. The molecular formula is C7H7N2O3-. The molecule has 1 rings (SSSR count). The van der Waals surface area contributed by atoms with E-state index in [1.165, 1.54) is 24.3 Å². The molecule has 64 valence electrons. The first-order chi connectivity index (χ1) is 5.61. The number of nitrogens with two attached hydrogens (primary N) is 1. The lowest BCUT2D eigenvalue weighted by Gasteiger charge is -2.11. The van der Waals surface area contributed by atoms with Gasteiger partial charge in [-0.05, 0) is 6.07 Å². The topological polar surface area (TPSA) is 89.4 Å². The van der Waals surface area contributed by atoms with Crippen LogP contribution in [0.25, 0.3) is 0 Å². The van der Waals surface area contributed by atoms with Gasteiger partial charge in [0, 0.05) is 11.2 Å². The third-order valence-electron chi connectivity index (χ3n) is 1.35. The highest BCUT2D eigenvalue weighted by Gasteiger charge is 2.00. The summed E-state index contributed by atoms with van der Waals surface area (Å²) in [5, 5.41) is 19.1. The Balaban J connectivity index is 3.04. The largest absolute Gasteiger partial charge is 0.411 e. The van der Waals surface area contributed by atoms with Crippen molar-refractivity contribution in [2.24, 2.45) is 5.73 Å². The Bertz CT molecular complexity index is 298. The standard InChI is InChI=1S/C7H7N2O3/c8-7(10)5-2-1-3-6(4-5)9(11)12/h1-4,10H,8H2/q-1. The first kappa shape index (κ1) is 8.51. The highest BCUT2D eigenvalue weighted by molar-refractivity contribution is 5.38. The molecule has 0 radical (unpaired) electrons. The maximum Gasteiger partial charge on any atom is 0.216 e. The van der Waals surface area contributed by atoms with Crippen molar-refractivity contribution in [3.63, 3.8) is 0 Å². The smallest absolute Gasteiger partial charge is 0.216 e. The van der Waals surface area contributed by atoms with Crippen LogP contribution in [0.15, 0.2) is 24.3 Å². The van der Waals surface area contributed by atoms with Gasteiger partial charge in [0.1, 0.15) is 0 Å². The van der Waals surface area contributed by atoms with E-state index in [1.54, 1.807) is 0 Å². The van der Waals surface area contributed by atoms with Crippen molar-refractivity contribution in [2.45, 2.75) is 0 Å². The predicted molar refractivity (Wildman–Crippen MR) is 41.6 cm³/mol. The van der Waals surface area contributed by atoms with Crippen LogP contribution < -0.4 is 5.73 Å². The molecule has 0 aromatic heterocycles. The van der Waals surface area contributed by atoms with E-state index >= 15 is 0 Å². The predicted octanol–water partition coefficient (Wildman–Crippen LogP) is 0.764. The van der Waals surface area contributed by atoms with Gasteiger partial charge >= 0.3 is 0 Å². The number of nitrogens with zero attached hydrogens (tertiary/aromatic N) is 1. The summed E-state index contributed by atoms with van der Waals surface area (Å²) >= 11 is 0. The molecule has 1 aromatic carbocycles. The fourth-order valence-corrected chi connectivity index (χ4v) is 0.779. The Kier molecular flexibility index (Phi) is 2.27. The van der Waals surface area contributed by atoms with Crippen molar-refractivity contribution in [3.8, 4) is 0 Å². The van der Waals surface area contributed by atoms with E-state index in [2.05, 4.69) is 0 Å². The van der Waals surface area contributed by atoms with Crippen LogP contribution in [0.5, 0.6) is 0 Å². The lowest BCUT2D eigenvalue weighted by atomic mass is 10.2. The van der Waals surface area contributed by atoms with Crippen molar-refractivity contribution < 1.29 is 10.0 Å². The molecule has 12 heavy (non-hydrogen) atoms. The molecular weight excluding hydrogens is 160 g/mol. The fourth-order valence-electron chi connectivity index (χ4n) is 0.779. The number of aliphatic hydroxyl groups is 1. The maximum atomic E-state index is 10.2. The zero-order valence-corrected chi connectivity index (χ0v) is 6.10. The van der Waals surface area contributed by atoms with Crippen LogP contribution >= 0.6 is 0 Å². The van der Waals surface area contributed by atoms with Crippen molar-refractivity contribution in [1.82, 2.24) is 0 Å². The summed E-state index contributed by atoms with van der Waals surface area (Å²) in [5.41, 5.74) is 5.19. The fraction of sp³-hybridized carbons (Fsp3) is 0. The molecule has 0 amide bonds. The summed E-state index contributed by atoms with van der Waals surface area (Å²) in [6.07, 6.45) is -0.418. The molecule has 0 aliphatic carbocycles. The molecule has 1 aromatic rings. The highest BCUT2D eigenvalue weighted by atomic mass is 16.6. The molecule has 5 heteroatoms. The molecule has 5 nitrogen and oxygen atoms in total. The van der Waals surface area contributed by atoms with Crippen LogP contribution in [-0.2, 0) is 0 Å². The van der Waals surface area contributed by atoms with Crippen LogP contribution in [0.1, 0.15) is 5.56 Å². The van der Waals surface area contributed by atoms with Crippen molar-refractivity contribution in [1.29, 1.82) is 0 Å². The second-order valence-corrected chi connectivity index (χ2v) is 2.19. The van der Waals surface area contributed by atoms with Gasteiger partial charge in [-0.15, -0.1) is 11.6 Å². The van der Waals surface area contributed by atoms with Gasteiger partial charge in [0.2, 0.25) is 5.69 Å². The van der Waals surface area contributed by atoms with Gasteiger partial charge in [-0.1, -0.05) is 6.07 Å². The van der Waals surface area contributed by atoms with E-state index in [4.69, 9.17) is 10.8 Å². The number of aliphatic hydroxyl groups excluding tert-OH is 1. The van der Waals surface area contributed by atoms with Gasteiger partial charge in [-0.2, -0.15) is 6.07 Å². The van der Waals surface area contributed by atoms with Crippen molar-refractivity contribution in [3.05, 3.63) is 46.2 Å². The normalized spacial score (nSPS) is 9.50. The molecule has 3 N–H and O–H groups in total. The van der Waals surface area contributed by atoms with E-state index < -0.39 is 11.2 Å². The van der Waals surface area contributed by atoms with E-state index in [0.29, 0.717) is 0 Å². The second-order valence-electron chi connectivity index (χ2n) is 2.19. The Hall–Kier alpha value is -1.59. The van der Waals surface area contributed by atoms with Gasteiger partial charge in [-0.25, -0.2) is 0 Å². The average molecular weight is 167 g/mol. The minimum absolute atomic E-state index is 0.0931. The Morgan fingerprint density at radius 3 is 2.75 bits per heavy atom. The maximum absolute atomic E-state index is 10.2. The molecule has 0 atom stereocenters. The molecule has 0 bridgehead atoms. The van der Waals surface area contributed by atoms with Gasteiger partial charge in [-0.3, -0.25) is 10.1 Å². The second kappa shape index (κ2) is 3.21. The third-order valence-corrected chi connectivity index (χ3v) is 1.35. The van der Waals surface area contributed by atoms with Gasteiger partial charge in [0.05, 0.1) is 0 Å². The number of nitro groups is 1. The number of hydrogen-bond acceptors (Lipinski definition) is 4. The van der Waals surface area contributed by atoms with Crippen LogP contribution in [-0.4, -0.2) is 10.0 Å². The van der Waals surface area contributed by atoms with Crippen LogP contribution in [0.2, 0.25) is 0 Å². The number of non-ortho nitro benzene ring substituents is 1. The van der Waals surface area contributed by atoms with Crippen molar-refractivity contribution >= 4 is 5.69 Å². The summed E-state index contributed by atoms with van der Waals surface area (Å²) in [6, 6.07) is 5.47. The number of nitro benzene ring substituents is 1. The molecule has 0 saturated carbocycles. The number of hydrogen-bond donors (Lipinski definition) is 2. The van der Waals surface area contributed by atoms with Gasteiger partial charge < -0.3 is 10.8 Å². The molecule has 0 heterocycles. The first-order valence-corrected chi connectivity index (χ1v) is 3.17. The summed E-state index contributed by atoms with van der Waals surface area (Å²) in [4.78, 5) is 9.70. The first-order valence-electron chi connectivity index (χ1n) is 3.17. The van der Waals surface area contributed by atoms with Crippen LogP contribution in [0, 0.1) is 16.3 Å². The number of rotatable bonds is 2. The minimum atomic E-state index is -0.549. The van der Waals surface area contributed by atoms with Crippen LogP contribution in [0.4, 0.5) is 5.69 Å². The monoisotopic (exact) mass is 167 g/mol. The summed E-state index contributed by atoms with van der Waals surface area (Å²) in [6.45, 7) is 0. The molecule has 0 aliphatic rings. The lowest BCUT2D eigenvalue weighted by molar-refractivity contribution is -0.384. The SMILES string of the molecule is N[C-](O)c1cccc([N+](=O)[O-])c1. The Labute approximate surface area is 68.6 Å². The zero-order chi connectivity index (χ0) is 9.14. The summed E-state index contributed by atoms with van der Waals surface area (Å²) < 4.78 is 0. The molecule has 0 saturated heterocycles. The molecule has 0 fully saturated rings. The lowest BCUT2D eigenvalue weighted by Crippen LogP contribution is -2.09. The minimum Gasteiger partial charge on any atom is -0.411 e. The third kappa shape index (κ3) is 1.71. The van der Waals surface area contributed by atoms with E-state index in [0.717, 1.165) is 0 Å². The average Bonchev–Trinajstić information content (AvgIpc) is 2.04. The van der Waals surface area contributed by atoms with Crippen molar-refractivity contribution in [2.75, 3.05) is 0 Å². The number of benzene rings is 1. The van der Waals surface area contributed by atoms with E-state index in [-0.39, 0.29) is 11.3 Å². The van der Waals surface area contributed by atoms with Gasteiger partial charge in [0.15, 0.2) is 0 Å². The van der Waals surface area contributed by atoms with Gasteiger partial charge in [0.25, 0.3) is 0 Å². The highest BCUT2D eigenvalue weighted by Crippen LogP contribution is 2.15. The molecule has 0 spiro atoms. The summed E-state index contributed by atoms with van der Waals surface area (Å²) in [7, 11) is 0.